The number of methoxy groups -OCH3 is 1. The predicted molar refractivity (Wildman–Crippen MR) is 88.2 cm³/mol. The standard InChI is InChI=1S/C17H13N5O3/c1-10-19-12(8-18)14-15(20-13(9-22(10)14)17(24)25-2)21-16(23)11-6-4-3-5-7-11/h3-7,9H,1-2H3,(H,20,21,23). The molecule has 0 saturated carbocycles. The maximum absolute atomic E-state index is 12.4. The molecular weight excluding hydrogens is 322 g/mol. The summed E-state index contributed by atoms with van der Waals surface area (Å²) >= 11 is 0. The van der Waals surface area contributed by atoms with Crippen LogP contribution in [0.1, 0.15) is 32.4 Å². The maximum Gasteiger partial charge on any atom is 0.358 e. The lowest BCUT2D eigenvalue weighted by Gasteiger charge is -2.09. The lowest BCUT2D eigenvalue weighted by atomic mass is 10.2. The van der Waals surface area contributed by atoms with E-state index in [0.717, 1.165) is 0 Å². The molecule has 1 amide bonds. The van der Waals surface area contributed by atoms with Gasteiger partial charge in [-0.25, -0.2) is 14.8 Å². The zero-order valence-electron chi connectivity index (χ0n) is 13.5. The molecule has 8 heteroatoms. The second kappa shape index (κ2) is 6.41. The number of imidazole rings is 1. The fraction of sp³-hybridized carbons (Fsp3) is 0.118. The molecule has 0 bridgehead atoms. The summed E-state index contributed by atoms with van der Waals surface area (Å²) in [6, 6.07) is 10.5. The molecule has 124 valence electrons. The third-order valence-corrected chi connectivity index (χ3v) is 3.56. The van der Waals surface area contributed by atoms with Crippen molar-refractivity contribution in [3.8, 4) is 6.07 Å². The van der Waals surface area contributed by atoms with Crippen molar-refractivity contribution in [2.24, 2.45) is 0 Å². The van der Waals surface area contributed by atoms with E-state index < -0.39 is 11.9 Å². The van der Waals surface area contributed by atoms with Gasteiger partial charge in [0.25, 0.3) is 5.91 Å². The van der Waals surface area contributed by atoms with E-state index in [1.54, 1.807) is 37.3 Å². The highest BCUT2D eigenvalue weighted by Crippen LogP contribution is 2.22. The van der Waals surface area contributed by atoms with Gasteiger partial charge in [-0.05, 0) is 19.1 Å². The topological polar surface area (TPSA) is 109 Å². The molecule has 1 aromatic carbocycles. The molecule has 2 heterocycles. The Morgan fingerprint density at radius 2 is 1.96 bits per heavy atom. The summed E-state index contributed by atoms with van der Waals surface area (Å²) in [6.07, 6.45) is 1.42. The number of ether oxygens (including phenoxy) is 1. The Balaban J connectivity index is 2.16. The minimum absolute atomic E-state index is 0.0108. The van der Waals surface area contributed by atoms with Gasteiger partial charge in [0.05, 0.1) is 7.11 Å². The quantitative estimate of drug-likeness (QED) is 0.733. The van der Waals surface area contributed by atoms with E-state index in [9.17, 15) is 14.9 Å². The molecular formula is C17H13N5O3. The molecule has 1 N–H and O–H groups in total. The van der Waals surface area contributed by atoms with Gasteiger partial charge in [-0.15, -0.1) is 0 Å². The number of aromatic nitrogens is 3. The summed E-state index contributed by atoms with van der Waals surface area (Å²) in [5.74, 6) is -0.535. The Kier molecular flexibility index (Phi) is 4.14. The van der Waals surface area contributed by atoms with E-state index in [4.69, 9.17) is 0 Å². The first-order valence-corrected chi connectivity index (χ1v) is 7.29. The van der Waals surface area contributed by atoms with Crippen molar-refractivity contribution in [3.63, 3.8) is 0 Å². The number of carbonyl (C=O) groups is 2. The molecule has 0 aliphatic carbocycles. The molecule has 0 aliphatic heterocycles. The van der Waals surface area contributed by atoms with Crippen molar-refractivity contribution in [1.82, 2.24) is 14.4 Å². The van der Waals surface area contributed by atoms with Gasteiger partial charge in [0.15, 0.2) is 17.2 Å². The second-order valence-corrected chi connectivity index (χ2v) is 5.12. The molecule has 0 aliphatic rings. The highest BCUT2D eigenvalue weighted by molar-refractivity contribution is 6.06. The lowest BCUT2D eigenvalue weighted by molar-refractivity contribution is 0.0593. The van der Waals surface area contributed by atoms with Crippen molar-refractivity contribution in [1.29, 1.82) is 5.26 Å². The largest absolute Gasteiger partial charge is 0.464 e. The van der Waals surface area contributed by atoms with E-state index in [1.165, 1.54) is 17.7 Å². The third kappa shape index (κ3) is 2.90. The van der Waals surface area contributed by atoms with Gasteiger partial charge in [-0.2, -0.15) is 5.26 Å². The number of hydrogen-bond acceptors (Lipinski definition) is 6. The number of hydrogen-bond donors (Lipinski definition) is 1. The van der Waals surface area contributed by atoms with Crippen LogP contribution in [0.4, 0.5) is 5.82 Å². The van der Waals surface area contributed by atoms with E-state index in [2.05, 4.69) is 20.0 Å². The van der Waals surface area contributed by atoms with Crippen molar-refractivity contribution < 1.29 is 14.3 Å². The van der Waals surface area contributed by atoms with Crippen LogP contribution in [-0.2, 0) is 4.74 Å². The minimum Gasteiger partial charge on any atom is -0.464 e. The molecule has 0 saturated heterocycles. The van der Waals surface area contributed by atoms with Gasteiger partial charge < -0.3 is 10.1 Å². The average molecular weight is 335 g/mol. The summed E-state index contributed by atoms with van der Waals surface area (Å²) in [7, 11) is 1.23. The molecule has 0 atom stereocenters. The Hall–Kier alpha value is -3.73. The maximum atomic E-state index is 12.4. The van der Waals surface area contributed by atoms with Crippen molar-refractivity contribution in [2.45, 2.75) is 6.92 Å². The van der Waals surface area contributed by atoms with E-state index >= 15 is 0 Å². The summed E-state index contributed by atoms with van der Waals surface area (Å²) in [5.41, 5.74) is 0.825. The zero-order chi connectivity index (χ0) is 18.0. The first-order valence-electron chi connectivity index (χ1n) is 7.29. The number of esters is 1. The number of carbonyl (C=O) groups excluding carboxylic acids is 2. The van der Waals surface area contributed by atoms with Crippen LogP contribution in [0.3, 0.4) is 0 Å². The van der Waals surface area contributed by atoms with Crippen LogP contribution in [0.25, 0.3) is 5.52 Å². The molecule has 2 aromatic heterocycles. The van der Waals surface area contributed by atoms with Crippen LogP contribution in [0, 0.1) is 18.3 Å². The Bertz CT molecular complexity index is 1020. The number of fused-ring (bicyclic) bond motifs is 1. The Labute approximate surface area is 142 Å². The fourth-order valence-electron chi connectivity index (χ4n) is 2.39. The fourth-order valence-corrected chi connectivity index (χ4v) is 2.39. The lowest BCUT2D eigenvalue weighted by Crippen LogP contribution is -2.16. The first-order chi connectivity index (χ1) is 12.0. The number of aryl methyl sites for hydroxylation is 1. The number of benzene rings is 1. The zero-order valence-corrected chi connectivity index (χ0v) is 13.5. The van der Waals surface area contributed by atoms with Gasteiger partial charge >= 0.3 is 5.97 Å². The van der Waals surface area contributed by atoms with Crippen LogP contribution < -0.4 is 5.32 Å². The summed E-state index contributed by atoms with van der Waals surface area (Å²) in [4.78, 5) is 32.6. The van der Waals surface area contributed by atoms with Crippen LogP contribution in [0.2, 0.25) is 0 Å². The van der Waals surface area contributed by atoms with E-state index in [0.29, 0.717) is 16.9 Å². The summed E-state index contributed by atoms with van der Waals surface area (Å²) in [5, 5.41) is 11.9. The van der Waals surface area contributed by atoms with Crippen LogP contribution in [0.5, 0.6) is 0 Å². The molecule has 25 heavy (non-hydrogen) atoms. The van der Waals surface area contributed by atoms with Crippen LogP contribution in [-0.4, -0.2) is 33.4 Å². The number of nitrogens with zero attached hydrogens (tertiary/aromatic N) is 4. The third-order valence-electron chi connectivity index (χ3n) is 3.56. The molecule has 8 nitrogen and oxygen atoms in total. The van der Waals surface area contributed by atoms with Crippen LogP contribution >= 0.6 is 0 Å². The molecule has 0 radical (unpaired) electrons. The van der Waals surface area contributed by atoms with Crippen molar-refractivity contribution >= 4 is 23.2 Å². The van der Waals surface area contributed by atoms with Gasteiger partial charge in [0.2, 0.25) is 0 Å². The first kappa shape index (κ1) is 16.1. The highest BCUT2D eigenvalue weighted by atomic mass is 16.5. The van der Waals surface area contributed by atoms with E-state index in [-0.39, 0.29) is 17.2 Å². The van der Waals surface area contributed by atoms with Crippen molar-refractivity contribution in [2.75, 3.05) is 12.4 Å². The molecule has 3 aromatic rings. The summed E-state index contributed by atoms with van der Waals surface area (Å²) in [6.45, 7) is 1.68. The second-order valence-electron chi connectivity index (χ2n) is 5.12. The minimum atomic E-state index is -0.663. The Morgan fingerprint density at radius 3 is 2.60 bits per heavy atom. The number of nitriles is 1. The molecule has 0 unspecified atom stereocenters. The number of anilines is 1. The molecule has 0 spiro atoms. The van der Waals surface area contributed by atoms with Gasteiger partial charge in [0, 0.05) is 11.8 Å². The number of rotatable bonds is 3. The average Bonchev–Trinajstić information content (AvgIpc) is 2.98. The molecule has 0 fully saturated rings. The Morgan fingerprint density at radius 1 is 1.24 bits per heavy atom. The number of amides is 1. The smallest absolute Gasteiger partial charge is 0.358 e. The highest BCUT2D eigenvalue weighted by Gasteiger charge is 2.20. The summed E-state index contributed by atoms with van der Waals surface area (Å²) < 4.78 is 6.22. The molecule has 3 rings (SSSR count). The van der Waals surface area contributed by atoms with Crippen LogP contribution in [0.15, 0.2) is 36.5 Å². The van der Waals surface area contributed by atoms with E-state index in [1.807, 2.05) is 6.07 Å². The number of nitrogens with one attached hydrogen (secondary N) is 1. The van der Waals surface area contributed by atoms with Crippen molar-refractivity contribution in [3.05, 3.63) is 59.3 Å². The normalized spacial score (nSPS) is 10.3. The van der Waals surface area contributed by atoms with Gasteiger partial charge in [-0.1, -0.05) is 18.2 Å². The SMILES string of the molecule is COC(=O)c1cn2c(C)nc(C#N)c2c(NC(=O)c2ccccc2)n1. The monoisotopic (exact) mass is 335 g/mol. The van der Waals surface area contributed by atoms with Gasteiger partial charge in [0.1, 0.15) is 17.4 Å². The van der Waals surface area contributed by atoms with Gasteiger partial charge in [-0.3, -0.25) is 9.20 Å². The predicted octanol–water partition coefficient (Wildman–Crippen LogP) is 1.95.